The second kappa shape index (κ2) is 6.70. The summed E-state index contributed by atoms with van der Waals surface area (Å²) in [4.78, 5) is 11.3. The number of rotatable bonds is 7. The van der Waals surface area contributed by atoms with Crippen LogP contribution in [-0.2, 0) is 14.8 Å². The van der Waals surface area contributed by atoms with Gasteiger partial charge in [0.2, 0.25) is 5.91 Å². The molecule has 3 N–H and O–H groups in total. The van der Waals surface area contributed by atoms with Crippen LogP contribution < -0.4 is 15.4 Å². The van der Waals surface area contributed by atoms with E-state index in [1.165, 1.54) is 6.07 Å². The molecule has 1 aromatic heterocycles. The van der Waals surface area contributed by atoms with Gasteiger partial charge in [-0.05, 0) is 18.5 Å². The quantitative estimate of drug-likeness (QED) is 0.579. The molecule has 0 radical (unpaired) electrons. The van der Waals surface area contributed by atoms with Crippen LogP contribution in [0.1, 0.15) is 0 Å². The highest BCUT2D eigenvalue weighted by Crippen LogP contribution is 2.14. The average Bonchev–Trinajstić information content (AvgIpc) is 2.81. The van der Waals surface area contributed by atoms with Gasteiger partial charge in [-0.2, -0.15) is 0 Å². The van der Waals surface area contributed by atoms with Crippen LogP contribution in [-0.4, -0.2) is 41.0 Å². The summed E-state index contributed by atoms with van der Waals surface area (Å²) in [5.41, 5.74) is 0. The van der Waals surface area contributed by atoms with E-state index >= 15 is 0 Å². The summed E-state index contributed by atoms with van der Waals surface area (Å²) < 4.78 is 25.7. The minimum Gasteiger partial charge on any atom is -0.354 e. The van der Waals surface area contributed by atoms with Crippen molar-refractivity contribution in [1.82, 2.24) is 15.4 Å². The summed E-state index contributed by atoms with van der Waals surface area (Å²) in [6.45, 7) is 0.865. The maximum absolute atomic E-state index is 11.6. The van der Waals surface area contributed by atoms with Gasteiger partial charge in [0.05, 0.1) is 6.54 Å². The number of carbonyl (C=O) groups excluding carboxylic acids is 1. The van der Waals surface area contributed by atoms with Crippen molar-refractivity contribution in [3.05, 3.63) is 17.5 Å². The van der Waals surface area contributed by atoms with E-state index in [0.717, 1.165) is 11.3 Å². The van der Waals surface area contributed by atoms with Crippen molar-refractivity contribution in [1.29, 1.82) is 0 Å². The standard InChI is InChI=1S/C9H15N3O3S2/c1-10-4-5-11-8(13)7-12-17(14,15)9-3-2-6-16-9/h2-3,6,10,12H,4-5,7H2,1H3,(H,11,13). The Balaban J connectivity index is 2.38. The van der Waals surface area contributed by atoms with Gasteiger partial charge in [-0.15, -0.1) is 11.3 Å². The molecule has 0 aliphatic rings. The first kappa shape index (κ1) is 14.1. The Morgan fingerprint density at radius 1 is 1.41 bits per heavy atom. The molecule has 0 aliphatic heterocycles. The fourth-order valence-electron chi connectivity index (χ4n) is 1.04. The Kier molecular flexibility index (Phi) is 5.56. The minimum atomic E-state index is -3.55. The zero-order valence-corrected chi connectivity index (χ0v) is 11.0. The molecule has 1 amide bonds. The number of thiophene rings is 1. The van der Waals surface area contributed by atoms with Crippen molar-refractivity contribution >= 4 is 27.3 Å². The Labute approximate surface area is 104 Å². The van der Waals surface area contributed by atoms with E-state index in [4.69, 9.17) is 0 Å². The molecule has 0 aromatic carbocycles. The van der Waals surface area contributed by atoms with Crippen LogP contribution in [0.3, 0.4) is 0 Å². The molecule has 0 bridgehead atoms. The number of likely N-dealkylation sites (N-methyl/N-ethyl adjacent to an activating group) is 1. The second-order valence-electron chi connectivity index (χ2n) is 3.21. The first-order valence-electron chi connectivity index (χ1n) is 5.01. The predicted molar refractivity (Wildman–Crippen MR) is 66.4 cm³/mol. The van der Waals surface area contributed by atoms with Crippen LogP contribution >= 0.6 is 11.3 Å². The van der Waals surface area contributed by atoms with Gasteiger partial charge >= 0.3 is 0 Å². The fourth-order valence-corrected chi connectivity index (χ4v) is 3.06. The lowest BCUT2D eigenvalue weighted by Gasteiger charge is -2.06. The third-order valence-electron chi connectivity index (χ3n) is 1.88. The Bertz CT molecular complexity index is 442. The number of hydrogen-bond acceptors (Lipinski definition) is 5. The number of carbonyl (C=O) groups is 1. The van der Waals surface area contributed by atoms with Crippen LogP contribution in [0, 0.1) is 0 Å². The average molecular weight is 277 g/mol. The normalized spacial score (nSPS) is 11.4. The fraction of sp³-hybridized carbons (Fsp3) is 0.444. The molecule has 17 heavy (non-hydrogen) atoms. The van der Waals surface area contributed by atoms with Crippen molar-refractivity contribution in [2.24, 2.45) is 0 Å². The Morgan fingerprint density at radius 2 is 2.18 bits per heavy atom. The van der Waals surface area contributed by atoms with E-state index < -0.39 is 10.0 Å². The molecule has 0 fully saturated rings. The lowest BCUT2D eigenvalue weighted by atomic mass is 10.5. The molecular weight excluding hydrogens is 262 g/mol. The molecule has 8 heteroatoms. The predicted octanol–water partition coefficient (Wildman–Crippen LogP) is -0.638. The van der Waals surface area contributed by atoms with Gasteiger partial charge in [-0.3, -0.25) is 4.79 Å². The first-order valence-corrected chi connectivity index (χ1v) is 7.37. The number of hydrogen-bond donors (Lipinski definition) is 3. The largest absolute Gasteiger partial charge is 0.354 e. The summed E-state index contributed by atoms with van der Waals surface area (Å²) in [6.07, 6.45) is 0. The minimum absolute atomic E-state index is 0.209. The maximum Gasteiger partial charge on any atom is 0.250 e. The van der Waals surface area contributed by atoms with Gasteiger partial charge in [0.1, 0.15) is 4.21 Å². The van der Waals surface area contributed by atoms with Crippen molar-refractivity contribution in [3.63, 3.8) is 0 Å². The molecule has 6 nitrogen and oxygen atoms in total. The number of nitrogens with one attached hydrogen (secondary N) is 3. The number of amides is 1. The molecule has 0 unspecified atom stereocenters. The van der Waals surface area contributed by atoms with E-state index in [1.54, 1.807) is 18.5 Å². The van der Waals surface area contributed by atoms with Crippen molar-refractivity contribution in [2.75, 3.05) is 26.7 Å². The highest BCUT2D eigenvalue weighted by atomic mass is 32.2. The van der Waals surface area contributed by atoms with E-state index in [-0.39, 0.29) is 16.7 Å². The SMILES string of the molecule is CNCCNC(=O)CNS(=O)(=O)c1cccs1. The zero-order valence-electron chi connectivity index (χ0n) is 9.39. The third-order valence-corrected chi connectivity index (χ3v) is 4.68. The molecule has 0 saturated carbocycles. The summed E-state index contributed by atoms with van der Waals surface area (Å²) >= 11 is 1.11. The van der Waals surface area contributed by atoms with Gasteiger partial charge in [0.15, 0.2) is 0 Å². The first-order chi connectivity index (χ1) is 8.06. The monoisotopic (exact) mass is 277 g/mol. The zero-order chi connectivity index (χ0) is 12.7. The van der Waals surface area contributed by atoms with Gasteiger partial charge < -0.3 is 10.6 Å². The summed E-state index contributed by atoms with van der Waals surface area (Å²) in [7, 11) is -1.78. The molecular formula is C9H15N3O3S2. The van der Waals surface area contributed by atoms with Crippen LogP contribution in [0.2, 0.25) is 0 Å². The van der Waals surface area contributed by atoms with E-state index in [9.17, 15) is 13.2 Å². The molecule has 0 atom stereocenters. The Hall–Kier alpha value is -0.960. The van der Waals surface area contributed by atoms with E-state index in [1.807, 2.05) is 0 Å². The molecule has 0 spiro atoms. The van der Waals surface area contributed by atoms with Gasteiger partial charge in [-0.1, -0.05) is 6.07 Å². The lowest BCUT2D eigenvalue weighted by molar-refractivity contribution is -0.119. The van der Waals surface area contributed by atoms with Crippen molar-refractivity contribution < 1.29 is 13.2 Å². The highest BCUT2D eigenvalue weighted by Gasteiger charge is 2.15. The second-order valence-corrected chi connectivity index (χ2v) is 6.15. The van der Waals surface area contributed by atoms with Crippen LogP contribution in [0.4, 0.5) is 0 Å². The summed E-state index contributed by atoms with van der Waals surface area (Å²) in [5.74, 6) is -0.347. The molecule has 1 rings (SSSR count). The van der Waals surface area contributed by atoms with E-state index in [2.05, 4.69) is 15.4 Å². The van der Waals surface area contributed by atoms with Crippen molar-refractivity contribution in [2.45, 2.75) is 4.21 Å². The molecule has 0 aliphatic carbocycles. The van der Waals surface area contributed by atoms with Crippen LogP contribution in [0.25, 0.3) is 0 Å². The topological polar surface area (TPSA) is 87.3 Å². The summed E-state index contributed by atoms with van der Waals surface area (Å²) in [6, 6.07) is 3.14. The van der Waals surface area contributed by atoms with Crippen LogP contribution in [0.15, 0.2) is 21.7 Å². The van der Waals surface area contributed by atoms with E-state index in [0.29, 0.717) is 13.1 Å². The Morgan fingerprint density at radius 3 is 2.76 bits per heavy atom. The highest BCUT2D eigenvalue weighted by molar-refractivity contribution is 7.91. The van der Waals surface area contributed by atoms with Gasteiger partial charge in [-0.25, -0.2) is 13.1 Å². The van der Waals surface area contributed by atoms with Gasteiger partial charge in [0, 0.05) is 13.1 Å². The lowest BCUT2D eigenvalue weighted by Crippen LogP contribution is -2.39. The summed E-state index contributed by atoms with van der Waals surface area (Å²) in [5, 5.41) is 7.11. The number of sulfonamides is 1. The maximum atomic E-state index is 11.6. The molecule has 1 heterocycles. The molecule has 0 saturated heterocycles. The molecule has 96 valence electrons. The third kappa shape index (κ3) is 4.82. The smallest absolute Gasteiger partial charge is 0.250 e. The molecule has 1 aromatic rings. The van der Waals surface area contributed by atoms with Crippen molar-refractivity contribution in [3.8, 4) is 0 Å². The van der Waals surface area contributed by atoms with Crippen LogP contribution in [0.5, 0.6) is 0 Å². The van der Waals surface area contributed by atoms with Gasteiger partial charge in [0.25, 0.3) is 10.0 Å².